The summed E-state index contributed by atoms with van der Waals surface area (Å²) >= 11 is 7.32. The van der Waals surface area contributed by atoms with E-state index < -0.39 is 11.6 Å². The molecule has 1 aromatic heterocycles. The van der Waals surface area contributed by atoms with Crippen LogP contribution in [0.3, 0.4) is 0 Å². The van der Waals surface area contributed by atoms with E-state index in [1.165, 1.54) is 11.3 Å². The number of thiophene rings is 1. The fraction of sp³-hybridized carbons (Fsp3) is 0.267. The predicted octanol–water partition coefficient (Wildman–Crippen LogP) is 4.61. The minimum absolute atomic E-state index is 0.409. The summed E-state index contributed by atoms with van der Waals surface area (Å²) in [6.45, 7) is 5.48. The molecule has 0 radical (unpaired) electrons. The molecule has 0 unspecified atom stereocenters. The maximum absolute atomic E-state index is 12.3. The first-order valence-electron chi connectivity index (χ1n) is 6.14. The van der Waals surface area contributed by atoms with Crippen LogP contribution < -0.4 is 5.73 Å². The average molecular weight is 310 g/mol. The number of benzene rings is 1. The fourth-order valence-corrected chi connectivity index (χ4v) is 2.78. The Morgan fingerprint density at radius 2 is 2.05 bits per heavy atom. The number of carbonyl (C=O) groups is 1. The van der Waals surface area contributed by atoms with Gasteiger partial charge in [0.2, 0.25) is 0 Å². The zero-order valence-electron chi connectivity index (χ0n) is 11.6. The molecular weight excluding hydrogens is 294 g/mol. The lowest BCUT2D eigenvalue weighted by atomic mass is 10.0. The first kappa shape index (κ1) is 14.9. The lowest BCUT2D eigenvalue weighted by Gasteiger charge is -2.20. The van der Waals surface area contributed by atoms with Crippen LogP contribution >= 0.6 is 22.9 Å². The van der Waals surface area contributed by atoms with Crippen LogP contribution in [0.4, 0.5) is 5.00 Å². The predicted molar refractivity (Wildman–Crippen MR) is 84.3 cm³/mol. The number of nitrogens with two attached hydrogens (primary N) is 1. The number of rotatable bonds is 2. The third-order valence-electron chi connectivity index (χ3n) is 2.56. The van der Waals surface area contributed by atoms with Gasteiger partial charge < -0.3 is 10.5 Å². The van der Waals surface area contributed by atoms with E-state index in [0.29, 0.717) is 15.6 Å². The summed E-state index contributed by atoms with van der Waals surface area (Å²) < 4.78 is 5.41. The van der Waals surface area contributed by atoms with E-state index in [9.17, 15) is 4.79 Å². The van der Waals surface area contributed by atoms with Crippen molar-refractivity contribution in [3.63, 3.8) is 0 Å². The van der Waals surface area contributed by atoms with Crippen molar-refractivity contribution in [2.75, 3.05) is 5.73 Å². The molecular formula is C15H16ClNO2S. The Bertz CT molecular complexity index is 644. The van der Waals surface area contributed by atoms with E-state index in [2.05, 4.69) is 0 Å². The van der Waals surface area contributed by atoms with Gasteiger partial charge in [-0.3, -0.25) is 0 Å². The fourth-order valence-electron chi connectivity index (χ4n) is 1.78. The second kappa shape index (κ2) is 5.46. The third-order valence-corrected chi connectivity index (χ3v) is 3.60. The van der Waals surface area contributed by atoms with Gasteiger partial charge in [0.05, 0.1) is 0 Å². The number of anilines is 1. The van der Waals surface area contributed by atoms with Gasteiger partial charge in [0.25, 0.3) is 0 Å². The van der Waals surface area contributed by atoms with Crippen molar-refractivity contribution in [1.82, 2.24) is 0 Å². The van der Waals surface area contributed by atoms with Gasteiger partial charge in [-0.2, -0.15) is 0 Å². The molecule has 1 heterocycles. The minimum Gasteiger partial charge on any atom is -0.456 e. The summed E-state index contributed by atoms with van der Waals surface area (Å²) in [5.74, 6) is -0.411. The molecule has 2 N–H and O–H groups in total. The quantitative estimate of drug-likeness (QED) is 0.824. The summed E-state index contributed by atoms with van der Waals surface area (Å²) in [7, 11) is 0. The van der Waals surface area contributed by atoms with Gasteiger partial charge in [0, 0.05) is 16.0 Å². The molecule has 1 aromatic carbocycles. The van der Waals surface area contributed by atoms with E-state index in [-0.39, 0.29) is 0 Å². The van der Waals surface area contributed by atoms with Gasteiger partial charge in [-0.25, -0.2) is 4.79 Å². The summed E-state index contributed by atoms with van der Waals surface area (Å²) in [6, 6.07) is 7.32. The van der Waals surface area contributed by atoms with Crippen LogP contribution in [0, 0.1) is 0 Å². The number of halogens is 1. The first-order valence-corrected chi connectivity index (χ1v) is 7.40. The summed E-state index contributed by atoms with van der Waals surface area (Å²) in [5, 5.41) is 2.91. The second-order valence-electron chi connectivity index (χ2n) is 5.40. The number of esters is 1. The Balaban J connectivity index is 2.45. The van der Waals surface area contributed by atoms with E-state index in [1.54, 1.807) is 12.1 Å². The second-order valence-corrected chi connectivity index (χ2v) is 6.75. The zero-order chi connectivity index (χ0) is 14.9. The molecule has 106 valence electrons. The average Bonchev–Trinajstić information content (AvgIpc) is 2.69. The molecule has 0 aliphatic heterocycles. The summed E-state index contributed by atoms with van der Waals surface area (Å²) in [6.07, 6.45) is 0. The molecule has 0 aliphatic carbocycles. The molecule has 3 nitrogen and oxygen atoms in total. The molecule has 20 heavy (non-hydrogen) atoms. The lowest BCUT2D eigenvalue weighted by molar-refractivity contribution is 0.00722. The van der Waals surface area contributed by atoms with Crippen molar-refractivity contribution in [1.29, 1.82) is 0 Å². The molecule has 0 saturated heterocycles. The van der Waals surface area contributed by atoms with E-state index in [1.807, 2.05) is 38.3 Å². The first-order chi connectivity index (χ1) is 9.28. The maximum Gasteiger partial charge on any atom is 0.342 e. The van der Waals surface area contributed by atoms with Gasteiger partial charge in [0.1, 0.15) is 16.2 Å². The van der Waals surface area contributed by atoms with Crippen molar-refractivity contribution in [3.8, 4) is 11.1 Å². The molecule has 2 rings (SSSR count). The normalized spacial score (nSPS) is 11.4. The largest absolute Gasteiger partial charge is 0.456 e. The highest BCUT2D eigenvalue weighted by Gasteiger charge is 2.24. The number of hydrogen-bond acceptors (Lipinski definition) is 4. The molecule has 0 amide bonds. The lowest BCUT2D eigenvalue weighted by Crippen LogP contribution is -2.24. The highest BCUT2D eigenvalue weighted by molar-refractivity contribution is 7.15. The minimum atomic E-state index is -0.558. The van der Waals surface area contributed by atoms with Crippen LogP contribution in [0.2, 0.25) is 5.02 Å². The van der Waals surface area contributed by atoms with E-state index in [0.717, 1.165) is 11.1 Å². The Kier molecular flexibility index (Phi) is 4.06. The van der Waals surface area contributed by atoms with Crippen molar-refractivity contribution in [2.24, 2.45) is 0 Å². The number of nitrogen functional groups attached to an aromatic ring is 1. The molecule has 0 atom stereocenters. The highest BCUT2D eigenvalue weighted by atomic mass is 35.5. The van der Waals surface area contributed by atoms with Crippen LogP contribution in [0.15, 0.2) is 29.6 Å². The van der Waals surface area contributed by atoms with Crippen LogP contribution in [0.1, 0.15) is 31.1 Å². The van der Waals surface area contributed by atoms with Crippen molar-refractivity contribution in [2.45, 2.75) is 26.4 Å². The number of ether oxygens (including phenoxy) is 1. The Morgan fingerprint density at radius 1 is 1.35 bits per heavy atom. The third kappa shape index (κ3) is 3.32. The topological polar surface area (TPSA) is 52.3 Å². The van der Waals surface area contributed by atoms with Crippen LogP contribution in [-0.4, -0.2) is 11.6 Å². The molecule has 0 fully saturated rings. The maximum atomic E-state index is 12.3. The van der Waals surface area contributed by atoms with Crippen molar-refractivity contribution in [3.05, 3.63) is 40.2 Å². The summed E-state index contributed by atoms with van der Waals surface area (Å²) in [4.78, 5) is 12.3. The molecule has 2 aromatic rings. The molecule has 5 heteroatoms. The standard InChI is InChI=1S/C15H16ClNO2S/c1-15(2,3)19-14(18)12-11(8-20-13(12)17)9-5-4-6-10(16)7-9/h4-8H,17H2,1-3H3. The van der Waals surface area contributed by atoms with Gasteiger partial charge >= 0.3 is 5.97 Å². The van der Waals surface area contributed by atoms with Gasteiger partial charge in [0.15, 0.2) is 0 Å². The number of carbonyl (C=O) groups excluding carboxylic acids is 1. The van der Waals surface area contributed by atoms with Crippen molar-refractivity contribution >= 4 is 33.9 Å². The monoisotopic (exact) mass is 309 g/mol. The summed E-state index contributed by atoms with van der Waals surface area (Å²) in [5.41, 5.74) is 7.38. The molecule has 0 spiro atoms. The van der Waals surface area contributed by atoms with Crippen LogP contribution in [-0.2, 0) is 4.74 Å². The van der Waals surface area contributed by atoms with Gasteiger partial charge in [-0.05, 0) is 38.5 Å². The zero-order valence-corrected chi connectivity index (χ0v) is 13.1. The SMILES string of the molecule is CC(C)(C)OC(=O)c1c(-c2cccc(Cl)c2)csc1N. The molecule has 0 saturated carbocycles. The van der Waals surface area contributed by atoms with Gasteiger partial charge in [-0.1, -0.05) is 23.7 Å². The van der Waals surface area contributed by atoms with E-state index >= 15 is 0 Å². The van der Waals surface area contributed by atoms with E-state index in [4.69, 9.17) is 22.1 Å². The van der Waals surface area contributed by atoms with Crippen LogP contribution in [0.25, 0.3) is 11.1 Å². The van der Waals surface area contributed by atoms with Crippen LogP contribution in [0.5, 0.6) is 0 Å². The Hall–Kier alpha value is -1.52. The number of hydrogen-bond donors (Lipinski definition) is 1. The molecule has 0 bridgehead atoms. The highest BCUT2D eigenvalue weighted by Crippen LogP contribution is 2.35. The Labute approximate surface area is 127 Å². The Morgan fingerprint density at radius 3 is 2.65 bits per heavy atom. The van der Waals surface area contributed by atoms with Crippen molar-refractivity contribution < 1.29 is 9.53 Å². The molecule has 0 aliphatic rings. The van der Waals surface area contributed by atoms with Gasteiger partial charge in [-0.15, -0.1) is 11.3 Å². The smallest absolute Gasteiger partial charge is 0.342 e.